The van der Waals surface area contributed by atoms with Crippen molar-refractivity contribution in [2.75, 3.05) is 6.61 Å². The molecule has 2 bridgehead atoms. The zero-order valence-electron chi connectivity index (χ0n) is 22.1. The Hall–Kier alpha value is -1.10. The summed E-state index contributed by atoms with van der Waals surface area (Å²) in [6.07, 6.45) is 6.42. The fourth-order valence-corrected chi connectivity index (χ4v) is 6.38. The van der Waals surface area contributed by atoms with Crippen LogP contribution < -0.4 is 0 Å². The molecule has 0 aromatic rings. The van der Waals surface area contributed by atoms with Crippen molar-refractivity contribution in [3.8, 4) is 0 Å². The Balaban J connectivity index is 2.14. The fraction of sp³-hybridized carbons (Fsp3) is 0.926. The van der Waals surface area contributed by atoms with E-state index in [0.717, 1.165) is 44.9 Å². The van der Waals surface area contributed by atoms with Gasteiger partial charge in [0.25, 0.3) is 0 Å². The average molecular weight is 453 g/mol. The number of carbonyl (C=O) groups is 2. The molecule has 0 spiro atoms. The lowest BCUT2D eigenvalue weighted by Gasteiger charge is -2.52. The topological polar surface area (TPSA) is 72.8 Å². The molecule has 2 fully saturated rings. The minimum absolute atomic E-state index is 0.0268. The molecule has 2 saturated carbocycles. The lowest BCUT2D eigenvalue weighted by Crippen LogP contribution is -2.52. The van der Waals surface area contributed by atoms with Gasteiger partial charge in [0.1, 0.15) is 5.60 Å². The summed E-state index contributed by atoms with van der Waals surface area (Å²) in [5.41, 5.74) is -1.42. The number of rotatable bonds is 8. The Bertz CT molecular complexity index is 669. The maximum absolute atomic E-state index is 13.7. The van der Waals surface area contributed by atoms with Gasteiger partial charge in [0.2, 0.25) is 0 Å². The second kappa shape index (κ2) is 9.27. The lowest BCUT2D eigenvalue weighted by molar-refractivity contribution is -0.193. The Kier molecular flexibility index (Phi) is 7.87. The van der Waals surface area contributed by atoms with Crippen molar-refractivity contribution in [2.45, 2.75) is 125 Å². The van der Waals surface area contributed by atoms with E-state index in [-0.39, 0.29) is 35.4 Å². The highest BCUT2D eigenvalue weighted by Gasteiger charge is 2.53. The molecule has 0 aliphatic heterocycles. The van der Waals surface area contributed by atoms with Crippen LogP contribution in [0.15, 0.2) is 0 Å². The van der Waals surface area contributed by atoms with Crippen LogP contribution in [-0.2, 0) is 19.1 Å². The fourth-order valence-electron chi connectivity index (χ4n) is 6.38. The Morgan fingerprint density at radius 1 is 0.969 bits per heavy atom. The standard InChI is InChI=1S/C27H48O5/c1-10-27(31-12-11-21(28)29)16-19-13-20(17-27)15-25(8,14-19)32-22(30)26(9,24(5,6)7)18-23(2,3)4/h19-20H,10-18H2,1-9H3,(H,28,29). The predicted octanol–water partition coefficient (Wildman–Crippen LogP) is 6.63. The van der Waals surface area contributed by atoms with E-state index in [9.17, 15) is 9.59 Å². The normalized spacial score (nSPS) is 32.8. The summed E-state index contributed by atoms with van der Waals surface area (Å²) in [7, 11) is 0. The van der Waals surface area contributed by atoms with Gasteiger partial charge in [-0.25, -0.2) is 0 Å². The lowest BCUT2D eigenvalue weighted by atomic mass is 9.60. The number of carbonyl (C=O) groups excluding carboxylic acids is 1. The van der Waals surface area contributed by atoms with Gasteiger partial charge in [0.05, 0.1) is 24.0 Å². The van der Waals surface area contributed by atoms with Crippen molar-refractivity contribution in [1.29, 1.82) is 0 Å². The highest BCUT2D eigenvalue weighted by Crippen LogP contribution is 2.53. The van der Waals surface area contributed by atoms with Gasteiger partial charge in [-0.15, -0.1) is 0 Å². The first-order chi connectivity index (χ1) is 14.4. The summed E-state index contributed by atoms with van der Waals surface area (Å²) in [5, 5.41) is 8.98. The molecule has 0 saturated heterocycles. The zero-order chi connectivity index (χ0) is 24.6. The molecular formula is C27H48O5. The molecule has 0 amide bonds. The van der Waals surface area contributed by atoms with Crippen molar-refractivity contribution in [3.05, 3.63) is 0 Å². The number of carboxylic acid groups (broad SMARTS) is 1. The minimum atomic E-state index is -0.816. The van der Waals surface area contributed by atoms with Crippen LogP contribution in [0.5, 0.6) is 0 Å². The molecule has 3 unspecified atom stereocenters. The van der Waals surface area contributed by atoms with Crippen LogP contribution in [0.1, 0.15) is 114 Å². The molecule has 1 N–H and O–H groups in total. The molecule has 2 aliphatic rings. The first-order valence-electron chi connectivity index (χ1n) is 12.5. The van der Waals surface area contributed by atoms with Crippen molar-refractivity contribution in [2.24, 2.45) is 28.1 Å². The SMILES string of the molecule is CCC1(OCCC(=O)O)CC2CC(CC(C)(OC(=O)C(C)(CC(C)(C)C)C(C)(C)C)C2)C1. The molecular weight excluding hydrogens is 404 g/mol. The molecule has 2 rings (SSSR count). The first-order valence-corrected chi connectivity index (χ1v) is 12.5. The van der Waals surface area contributed by atoms with Gasteiger partial charge in [-0.1, -0.05) is 48.5 Å². The number of esters is 1. The molecule has 186 valence electrons. The molecule has 0 radical (unpaired) electrons. The van der Waals surface area contributed by atoms with E-state index in [0.29, 0.717) is 11.8 Å². The molecule has 32 heavy (non-hydrogen) atoms. The number of carboxylic acids is 1. The quantitative estimate of drug-likeness (QED) is 0.419. The van der Waals surface area contributed by atoms with Crippen LogP contribution in [-0.4, -0.2) is 34.9 Å². The number of aliphatic carboxylic acids is 1. The zero-order valence-corrected chi connectivity index (χ0v) is 22.1. The van der Waals surface area contributed by atoms with Crippen LogP contribution in [0, 0.1) is 28.1 Å². The van der Waals surface area contributed by atoms with E-state index in [1.165, 1.54) is 0 Å². The summed E-state index contributed by atoms with van der Waals surface area (Å²) < 4.78 is 12.6. The van der Waals surface area contributed by atoms with E-state index in [2.05, 4.69) is 62.3 Å². The van der Waals surface area contributed by atoms with Gasteiger partial charge in [0.15, 0.2) is 0 Å². The third kappa shape index (κ3) is 6.48. The van der Waals surface area contributed by atoms with Crippen molar-refractivity contribution >= 4 is 11.9 Å². The largest absolute Gasteiger partial charge is 0.481 e. The number of hydrogen-bond acceptors (Lipinski definition) is 4. The van der Waals surface area contributed by atoms with Gasteiger partial charge < -0.3 is 14.6 Å². The highest BCUT2D eigenvalue weighted by atomic mass is 16.6. The summed E-state index contributed by atoms with van der Waals surface area (Å²) in [6, 6.07) is 0. The van der Waals surface area contributed by atoms with Gasteiger partial charge >= 0.3 is 11.9 Å². The maximum atomic E-state index is 13.7. The van der Waals surface area contributed by atoms with Gasteiger partial charge in [-0.3, -0.25) is 9.59 Å². The van der Waals surface area contributed by atoms with E-state index >= 15 is 0 Å². The van der Waals surface area contributed by atoms with Crippen molar-refractivity contribution in [1.82, 2.24) is 0 Å². The van der Waals surface area contributed by atoms with E-state index in [4.69, 9.17) is 14.6 Å². The van der Waals surface area contributed by atoms with Crippen LogP contribution in [0.25, 0.3) is 0 Å². The smallest absolute Gasteiger partial charge is 0.312 e. The van der Waals surface area contributed by atoms with Gasteiger partial charge in [-0.05, 0) is 81.5 Å². The minimum Gasteiger partial charge on any atom is -0.481 e. The second-order valence-corrected chi connectivity index (χ2v) is 13.5. The third-order valence-corrected chi connectivity index (χ3v) is 8.13. The van der Waals surface area contributed by atoms with Crippen molar-refractivity contribution < 1.29 is 24.2 Å². The molecule has 5 heteroatoms. The number of ether oxygens (including phenoxy) is 2. The third-order valence-electron chi connectivity index (χ3n) is 8.13. The maximum Gasteiger partial charge on any atom is 0.312 e. The monoisotopic (exact) mass is 452 g/mol. The molecule has 3 atom stereocenters. The van der Waals surface area contributed by atoms with Crippen LogP contribution in [0.4, 0.5) is 0 Å². The van der Waals surface area contributed by atoms with E-state index in [1.807, 2.05) is 0 Å². The van der Waals surface area contributed by atoms with Crippen LogP contribution >= 0.6 is 0 Å². The second-order valence-electron chi connectivity index (χ2n) is 13.5. The van der Waals surface area contributed by atoms with Crippen molar-refractivity contribution in [3.63, 3.8) is 0 Å². The number of fused-ring (bicyclic) bond motifs is 2. The van der Waals surface area contributed by atoms with Crippen LogP contribution in [0.3, 0.4) is 0 Å². The molecule has 0 heterocycles. The number of hydrogen-bond donors (Lipinski definition) is 1. The Labute approximate surface area is 196 Å². The first kappa shape index (κ1) is 27.1. The summed E-state index contributed by atoms with van der Waals surface area (Å²) in [4.78, 5) is 24.6. The Morgan fingerprint density at radius 3 is 1.91 bits per heavy atom. The predicted molar refractivity (Wildman–Crippen MR) is 127 cm³/mol. The Morgan fingerprint density at radius 2 is 1.50 bits per heavy atom. The van der Waals surface area contributed by atoms with E-state index in [1.54, 1.807) is 0 Å². The van der Waals surface area contributed by atoms with Gasteiger partial charge in [0, 0.05) is 0 Å². The summed E-state index contributed by atoms with van der Waals surface area (Å²) >= 11 is 0. The molecule has 2 aliphatic carbocycles. The molecule has 0 aromatic heterocycles. The van der Waals surface area contributed by atoms with E-state index < -0.39 is 17.0 Å². The summed E-state index contributed by atoms with van der Waals surface area (Å²) in [5.74, 6) is -0.00654. The van der Waals surface area contributed by atoms with Gasteiger partial charge in [-0.2, -0.15) is 0 Å². The highest BCUT2D eigenvalue weighted by molar-refractivity contribution is 5.78. The average Bonchev–Trinajstić information content (AvgIpc) is 2.57. The van der Waals surface area contributed by atoms with Crippen LogP contribution in [0.2, 0.25) is 0 Å². The molecule has 5 nitrogen and oxygen atoms in total. The molecule has 0 aromatic carbocycles. The summed E-state index contributed by atoms with van der Waals surface area (Å²) in [6.45, 7) is 19.6.